The summed E-state index contributed by atoms with van der Waals surface area (Å²) in [6.45, 7) is 0. The first-order valence-electron chi connectivity index (χ1n) is 4.44. The summed E-state index contributed by atoms with van der Waals surface area (Å²) in [7, 11) is 0. The molecule has 0 atom stereocenters. The minimum absolute atomic E-state index is 0.261. The molecule has 82 valence electrons. The summed E-state index contributed by atoms with van der Waals surface area (Å²) in [5, 5.41) is 2.70. The minimum atomic E-state index is -0.661. The molecule has 0 radical (unpaired) electrons. The molecule has 4 nitrogen and oxygen atoms in total. The lowest BCUT2D eigenvalue weighted by Gasteiger charge is -2.05. The van der Waals surface area contributed by atoms with Gasteiger partial charge in [0.25, 0.3) is 0 Å². The molecule has 6 heteroatoms. The molecule has 1 heterocycles. The Bertz CT molecular complexity index is 478. The smallest absolute Gasteiger partial charge is 0.149 e. The van der Waals surface area contributed by atoms with Gasteiger partial charge >= 0.3 is 0 Å². The molecular formula is C10H8F2N4. The van der Waals surface area contributed by atoms with Crippen molar-refractivity contribution in [1.29, 1.82) is 0 Å². The Morgan fingerprint density at radius 1 is 1.00 bits per heavy atom. The zero-order valence-corrected chi connectivity index (χ0v) is 8.11. The third-order valence-electron chi connectivity index (χ3n) is 1.81. The van der Waals surface area contributed by atoms with Crippen molar-refractivity contribution in [3.05, 3.63) is 42.2 Å². The molecule has 0 saturated heterocycles. The summed E-state index contributed by atoms with van der Waals surface area (Å²) in [5.74, 6) is -0.688. The Morgan fingerprint density at radius 2 is 1.69 bits per heavy atom. The van der Waals surface area contributed by atoms with Crippen molar-refractivity contribution in [2.24, 2.45) is 0 Å². The zero-order valence-electron chi connectivity index (χ0n) is 8.11. The average Bonchev–Trinajstić information content (AvgIpc) is 2.20. The topological polar surface area (TPSA) is 63.8 Å². The van der Waals surface area contributed by atoms with Crippen molar-refractivity contribution in [1.82, 2.24) is 9.97 Å². The standard InChI is InChI=1S/C10H8F2N4/c11-6-1-7(12)3-8(2-6)16-10-5-14-9(13)4-15-10/h1-5H,(H2,13,14)(H,15,16). The maximum Gasteiger partial charge on any atom is 0.149 e. The number of rotatable bonds is 2. The lowest BCUT2D eigenvalue weighted by atomic mass is 10.3. The van der Waals surface area contributed by atoms with Gasteiger partial charge in [-0.25, -0.2) is 18.7 Å². The van der Waals surface area contributed by atoms with E-state index in [1.807, 2.05) is 0 Å². The SMILES string of the molecule is Nc1cnc(Nc2cc(F)cc(F)c2)cn1. The van der Waals surface area contributed by atoms with Gasteiger partial charge in [-0.3, -0.25) is 0 Å². The molecule has 0 aliphatic heterocycles. The molecule has 0 aliphatic rings. The van der Waals surface area contributed by atoms with Crippen molar-refractivity contribution in [3.8, 4) is 0 Å². The molecule has 16 heavy (non-hydrogen) atoms. The molecule has 2 rings (SSSR count). The lowest BCUT2D eigenvalue weighted by molar-refractivity contribution is 0.584. The molecule has 0 bridgehead atoms. The second-order valence-electron chi connectivity index (χ2n) is 3.11. The largest absolute Gasteiger partial charge is 0.382 e. The predicted octanol–water partition coefficient (Wildman–Crippen LogP) is 2.08. The van der Waals surface area contributed by atoms with Crippen molar-refractivity contribution in [2.45, 2.75) is 0 Å². The molecule has 0 fully saturated rings. The third kappa shape index (κ3) is 2.41. The quantitative estimate of drug-likeness (QED) is 0.816. The summed E-state index contributed by atoms with van der Waals surface area (Å²) in [6, 6.07) is 3.10. The summed E-state index contributed by atoms with van der Waals surface area (Å²) < 4.78 is 25.7. The number of nitrogen functional groups attached to an aromatic ring is 1. The fraction of sp³-hybridized carbons (Fsp3) is 0. The number of nitrogens with two attached hydrogens (primary N) is 1. The van der Waals surface area contributed by atoms with E-state index in [2.05, 4.69) is 15.3 Å². The fourth-order valence-electron chi connectivity index (χ4n) is 1.18. The van der Waals surface area contributed by atoms with E-state index >= 15 is 0 Å². The van der Waals surface area contributed by atoms with Gasteiger partial charge in [-0.2, -0.15) is 0 Å². The van der Waals surface area contributed by atoms with Gasteiger partial charge in [-0.1, -0.05) is 0 Å². The minimum Gasteiger partial charge on any atom is -0.382 e. The Balaban J connectivity index is 2.23. The predicted molar refractivity (Wildman–Crippen MR) is 56.1 cm³/mol. The third-order valence-corrected chi connectivity index (χ3v) is 1.81. The lowest BCUT2D eigenvalue weighted by Crippen LogP contribution is -1.97. The van der Waals surface area contributed by atoms with Crippen molar-refractivity contribution in [2.75, 3.05) is 11.1 Å². The number of halogens is 2. The van der Waals surface area contributed by atoms with Crippen LogP contribution in [-0.4, -0.2) is 9.97 Å². The highest BCUT2D eigenvalue weighted by Crippen LogP contribution is 2.16. The average molecular weight is 222 g/mol. The molecule has 3 N–H and O–H groups in total. The second-order valence-corrected chi connectivity index (χ2v) is 3.11. The molecule has 0 aliphatic carbocycles. The first-order valence-corrected chi connectivity index (χ1v) is 4.44. The number of nitrogens with one attached hydrogen (secondary N) is 1. The number of nitrogens with zero attached hydrogens (tertiary/aromatic N) is 2. The van der Waals surface area contributed by atoms with Crippen LogP contribution in [0.15, 0.2) is 30.6 Å². The molecule has 1 aromatic heterocycles. The van der Waals surface area contributed by atoms with Crippen LogP contribution in [0.4, 0.5) is 26.1 Å². The maximum absolute atomic E-state index is 12.9. The van der Waals surface area contributed by atoms with Gasteiger partial charge < -0.3 is 11.1 Å². The molecule has 0 saturated carbocycles. The highest BCUT2D eigenvalue weighted by molar-refractivity contribution is 5.55. The van der Waals surface area contributed by atoms with Crippen LogP contribution in [0, 0.1) is 11.6 Å². The van der Waals surface area contributed by atoms with Crippen LogP contribution in [-0.2, 0) is 0 Å². The van der Waals surface area contributed by atoms with E-state index in [-0.39, 0.29) is 11.5 Å². The number of hydrogen-bond donors (Lipinski definition) is 2. The Labute approximate surface area is 90.1 Å². The van der Waals surface area contributed by atoms with Crippen LogP contribution in [0.1, 0.15) is 0 Å². The molecule has 2 aromatic rings. The molecule has 1 aromatic carbocycles. The molecule has 0 unspecified atom stereocenters. The van der Waals surface area contributed by atoms with E-state index in [0.717, 1.165) is 18.2 Å². The van der Waals surface area contributed by atoms with Crippen LogP contribution in [0.5, 0.6) is 0 Å². The van der Waals surface area contributed by atoms with Gasteiger partial charge in [0.2, 0.25) is 0 Å². The summed E-state index contributed by atoms with van der Waals surface area (Å²) in [4.78, 5) is 7.67. The van der Waals surface area contributed by atoms with Gasteiger partial charge in [0.05, 0.1) is 12.4 Å². The number of benzene rings is 1. The van der Waals surface area contributed by atoms with Gasteiger partial charge in [0.15, 0.2) is 0 Å². The Kier molecular flexibility index (Phi) is 2.63. The van der Waals surface area contributed by atoms with Crippen LogP contribution in [0.2, 0.25) is 0 Å². The number of hydrogen-bond acceptors (Lipinski definition) is 4. The van der Waals surface area contributed by atoms with Gasteiger partial charge in [-0.15, -0.1) is 0 Å². The van der Waals surface area contributed by atoms with E-state index in [1.54, 1.807) is 0 Å². The van der Waals surface area contributed by atoms with Gasteiger partial charge in [0, 0.05) is 11.8 Å². The van der Waals surface area contributed by atoms with Crippen LogP contribution < -0.4 is 11.1 Å². The number of aromatic nitrogens is 2. The van der Waals surface area contributed by atoms with Crippen LogP contribution in [0.25, 0.3) is 0 Å². The number of anilines is 3. The maximum atomic E-state index is 12.9. The monoisotopic (exact) mass is 222 g/mol. The van der Waals surface area contributed by atoms with Gasteiger partial charge in [-0.05, 0) is 12.1 Å². The van der Waals surface area contributed by atoms with E-state index in [9.17, 15) is 8.78 Å². The molecular weight excluding hydrogens is 214 g/mol. The Hall–Kier alpha value is -2.24. The van der Waals surface area contributed by atoms with E-state index in [4.69, 9.17) is 5.73 Å². The highest BCUT2D eigenvalue weighted by Gasteiger charge is 2.01. The first kappa shape index (κ1) is 10.3. The fourth-order valence-corrected chi connectivity index (χ4v) is 1.18. The summed E-state index contributed by atoms with van der Waals surface area (Å²) >= 11 is 0. The zero-order chi connectivity index (χ0) is 11.5. The summed E-state index contributed by atoms with van der Waals surface area (Å²) in [6.07, 6.45) is 2.72. The van der Waals surface area contributed by atoms with Crippen LogP contribution in [0.3, 0.4) is 0 Å². The molecule has 0 amide bonds. The van der Waals surface area contributed by atoms with E-state index in [0.29, 0.717) is 5.82 Å². The van der Waals surface area contributed by atoms with E-state index < -0.39 is 11.6 Å². The first-order chi connectivity index (χ1) is 7.63. The summed E-state index contributed by atoms with van der Waals surface area (Å²) in [5.41, 5.74) is 5.61. The van der Waals surface area contributed by atoms with Crippen molar-refractivity contribution < 1.29 is 8.78 Å². The second kappa shape index (κ2) is 4.09. The Morgan fingerprint density at radius 3 is 2.25 bits per heavy atom. The van der Waals surface area contributed by atoms with Gasteiger partial charge in [0.1, 0.15) is 23.3 Å². The van der Waals surface area contributed by atoms with Crippen molar-refractivity contribution >= 4 is 17.3 Å². The van der Waals surface area contributed by atoms with E-state index in [1.165, 1.54) is 12.4 Å². The highest BCUT2D eigenvalue weighted by atomic mass is 19.1. The normalized spacial score (nSPS) is 10.1. The van der Waals surface area contributed by atoms with Crippen molar-refractivity contribution in [3.63, 3.8) is 0 Å². The van der Waals surface area contributed by atoms with Crippen LogP contribution >= 0.6 is 0 Å². The molecule has 0 spiro atoms.